The average Bonchev–Trinajstić information content (AvgIpc) is 3.27. The molecule has 4 rings (SSSR count). The summed E-state index contributed by atoms with van der Waals surface area (Å²) in [6.45, 7) is -0.208. The number of benzene rings is 2. The molecule has 152 valence electrons. The van der Waals surface area contributed by atoms with Crippen LogP contribution >= 0.6 is 23.2 Å². The van der Waals surface area contributed by atoms with Crippen LogP contribution in [-0.4, -0.2) is 34.5 Å². The lowest BCUT2D eigenvalue weighted by Gasteiger charge is -2.42. The molecule has 1 amide bonds. The number of rotatable bonds is 6. The van der Waals surface area contributed by atoms with Gasteiger partial charge < -0.3 is 10.4 Å². The quantitative estimate of drug-likeness (QED) is 0.692. The van der Waals surface area contributed by atoms with E-state index in [2.05, 4.69) is 5.32 Å². The van der Waals surface area contributed by atoms with E-state index in [9.17, 15) is 14.7 Å². The number of nitrogens with one attached hydrogen (secondary N) is 1. The minimum absolute atomic E-state index is 0.0256. The zero-order valence-electron chi connectivity index (χ0n) is 15.8. The summed E-state index contributed by atoms with van der Waals surface area (Å²) in [5.41, 5.74) is 1.15. The SMILES string of the molecule is O=C(O)CN(C1CCCC1)C1(Cc2cccc(Cl)c2)C(=O)Nc2cc(Cl)ccc21. The normalized spacial score (nSPS) is 21.4. The molecule has 2 aliphatic rings. The molecule has 2 aromatic carbocycles. The highest BCUT2D eigenvalue weighted by Gasteiger charge is 2.54. The molecule has 1 saturated carbocycles. The maximum atomic E-state index is 13.5. The van der Waals surface area contributed by atoms with E-state index in [-0.39, 0.29) is 18.5 Å². The fourth-order valence-electron chi connectivity index (χ4n) is 4.77. The zero-order chi connectivity index (χ0) is 20.6. The number of hydrogen-bond donors (Lipinski definition) is 2. The van der Waals surface area contributed by atoms with E-state index in [4.69, 9.17) is 23.2 Å². The summed E-state index contributed by atoms with van der Waals surface area (Å²) in [6.07, 6.45) is 4.14. The molecule has 0 saturated heterocycles. The first-order valence-corrected chi connectivity index (χ1v) is 10.5. The first-order chi connectivity index (χ1) is 13.9. The predicted molar refractivity (Wildman–Crippen MR) is 114 cm³/mol. The van der Waals surface area contributed by atoms with Crippen molar-refractivity contribution in [1.29, 1.82) is 0 Å². The van der Waals surface area contributed by atoms with E-state index in [0.717, 1.165) is 36.8 Å². The molecule has 29 heavy (non-hydrogen) atoms. The predicted octanol–water partition coefficient (Wildman–Crippen LogP) is 4.71. The topological polar surface area (TPSA) is 69.6 Å². The third-order valence-corrected chi connectivity index (χ3v) is 6.43. The van der Waals surface area contributed by atoms with Gasteiger partial charge >= 0.3 is 5.97 Å². The molecular weight excluding hydrogens is 411 g/mol. The first kappa shape index (κ1) is 20.2. The van der Waals surface area contributed by atoms with E-state index >= 15 is 0 Å². The molecule has 2 aromatic rings. The Labute approximate surface area is 179 Å². The summed E-state index contributed by atoms with van der Waals surface area (Å²) in [4.78, 5) is 27.2. The second-order valence-electron chi connectivity index (χ2n) is 7.77. The van der Waals surface area contributed by atoms with Gasteiger partial charge in [-0.15, -0.1) is 0 Å². The van der Waals surface area contributed by atoms with Crippen molar-refractivity contribution in [3.63, 3.8) is 0 Å². The van der Waals surface area contributed by atoms with Gasteiger partial charge in [0.05, 0.1) is 6.54 Å². The summed E-state index contributed by atoms with van der Waals surface area (Å²) in [5, 5.41) is 13.7. The van der Waals surface area contributed by atoms with Gasteiger partial charge in [-0.25, -0.2) is 0 Å². The molecule has 1 atom stereocenters. The van der Waals surface area contributed by atoms with Crippen LogP contribution in [0.15, 0.2) is 42.5 Å². The summed E-state index contributed by atoms with van der Waals surface area (Å²) >= 11 is 12.4. The fraction of sp³-hybridized carbons (Fsp3) is 0.364. The molecule has 1 aliphatic carbocycles. The van der Waals surface area contributed by atoms with Crippen molar-refractivity contribution in [3.05, 3.63) is 63.6 Å². The molecule has 1 aliphatic heterocycles. The lowest BCUT2D eigenvalue weighted by Crippen LogP contribution is -2.57. The van der Waals surface area contributed by atoms with E-state index in [1.165, 1.54) is 0 Å². The number of nitrogens with zero attached hydrogens (tertiary/aromatic N) is 1. The van der Waals surface area contributed by atoms with Gasteiger partial charge in [0, 0.05) is 33.8 Å². The molecule has 0 radical (unpaired) electrons. The number of anilines is 1. The molecule has 7 heteroatoms. The Kier molecular flexibility index (Phi) is 5.56. The molecule has 0 aromatic heterocycles. The number of carboxylic acid groups (broad SMARTS) is 1. The number of carbonyl (C=O) groups excluding carboxylic acids is 1. The zero-order valence-corrected chi connectivity index (χ0v) is 17.3. The highest BCUT2D eigenvalue weighted by Crippen LogP contribution is 2.46. The van der Waals surface area contributed by atoms with Crippen LogP contribution in [0.4, 0.5) is 5.69 Å². The minimum atomic E-state index is -1.13. The van der Waals surface area contributed by atoms with Gasteiger partial charge in [0.2, 0.25) is 5.91 Å². The van der Waals surface area contributed by atoms with Gasteiger partial charge in [-0.05, 0) is 42.7 Å². The van der Waals surface area contributed by atoms with Gasteiger partial charge in [0.15, 0.2) is 0 Å². The standard InChI is InChI=1S/C22H22Cl2N2O3/c23-15-5-3-4-14(10-15)12-22(26(13-20(27)28)17-6-1-2-7-17)18-9-8-16(24)11-19(18)25-21(22)29/h3-5,8-11,17H,1-2,6-7,12-13H2,(H,25,29)(H,27,28). The molecule has 0 bridgehead atoms. The summed E-state index contributed by atoms with van der Waals surface area (Å²) in [5.74, 6) is -1.17. The van der Waals surface area contributed by atoms with E-state index in [1.54, 1.807) is 18.2 Å². The third-order valence-electron chi connectivity index (χ3n) is 5.96. The van der Waals surface area contributed by atoms with Gasteiger partial charge in [0.1, 0.15) is 5.54 Å². The maximum absolute atomic E-state index is 13.5. The van der Waals surface area contributed by atoms with Crippen LogP contribution in [0, 0.1) is 0 Å². The maximum Gasteiger partial charge on any atom is 0.317 e. The van der Waals surface area contributed by atoms with Crippen molar-refractivity contribution >= 4 is 40.8 Å². The largest absolute Gasteiger partial charge is 0.480 e. The molecule has 5 nitrogen and oxygen atoms in total. The monoisotopic (exact) mass is 432 g/mol. The number of carboxylic acids is 1. The number of hydrogen-bond acceptors (Lipinski definition) is 3. The third kappa shape index (κ3) is 3.75. The van der Waals surface area contributed by atoms with E-state index in [0.29, 0.717) is 22.2 Å². The second-order valence-corrected chi connectivity index (χ2v) is 8.64. The van der Waals surface area contributed by atoms with Crippen molar-refractivity contribution in [1.82, 2.24) is 4.90 Å². The molecular formula is C22H22Cl2N2O3. The van der Waals surface area contributed by atoms with Crippen LogP contribution in [0.3, 0.4) is 0 Å². The number of halogens is 2. The van der Waals surface area contributed by atoms with Crippen molar-refractivity contribution in [2.75, 3.05) is 11.9 Å². The highest BCUT2D eigenvalue weighted by atomic mass is 35.5. The Morgan fingerprint density at radius 3 is 2.55 bits per heavy atom. The molecule has 1 fully saturated rings. The van der Waals surface area contributed by atoms with E-state index in [1.807, 2.05) is 29.2 Å². The Morgan fingerprint density at radius 1 is 1.14 bits per heavy atom. The van der Waals surface area contributed by atoms with Crippen LogP contribution in [0.25, 0.3) is 0 Å². The second kappa shape index (κ2) is 7.98. The van der Waals surface area contributed by atoms with Crippen molar-refractivity contribution < 1.29 is 14.7 Å². The van der Waals surface area contributed by atoms with E-state index < -0.39 is 11.5 Å². The van der Waals surface area contributed by atoms with Crippen molar-refractivity contribution in [2.24, 2.45) is 0 Å². The summed E-state index contributed by atoms with van der Waals surface area (Å²) in [7, 11) is 0. The Hall–Kier alpha value is -2.08. The van der Waals surface area contributed by atoms with Gasteiger partial charge in [-0.1, -0.05) is 54.2 Å². The lowest BCUT2D eigenvalue weighted by molar-refractivity contribution is -0.144. The Bertz CT molecular complexity index is 959. The fourth-order valence-corrected chi connectivity index (χ4v) is 5.16. The number of amides is 1. The molecule has 1 unspecified atom stereocenters. The Morgan fingerprint density at radius 2 is 1.86 bits per heavy atom. The van der Waals surface area contributed by atoms with Crippen LogP contribution < -0.4 is 5.32 Å². The molecule has 0 spiro atoms. The van der Waals surface area contributed by atoms with Crippen molar-refractivity contribution in [3.8, 4) is 0 Å². The van der Waals surface area contributed by atoms with Crippen LogP contribution in [-0.2, 0) is 21.5 Å². The number of aliphatic carboxylic acids is 1. The van der Waals surface area contributed by atoms with Crippen LogP contribution in [0.5, 0.6) is 0 Å². The highest BCUT2D eigenvalue weighted by molar-refractivity contribution is 6.31. The summed E-state index contributed by atoms with van der Waals surface area (Å²) < 4.78 is 0. The van der Waals surface area contributed by atoms with Gasteiger partial charge in [-0.3, -0.25) is 14.5 Å². The van der Waals surface area contributed by atoms with Crippen molar-refractivity contribution in [2.45, 2.75) is 43.7 Å². The average molecular weight is 433 g/mol. The number of carbonyl (C=O) groups is 2. The van der Waals surface area contributed by atoms with Gasteiger partial charge in [-0.2, -0.15) is 0 Å². The number of fused-ring (bicyclic) bond motifs is 1. The lowest BCUT2D eigenvalue weighted by atomic mass is 9.81. The smallest absolute Gasteiger partial charge is 0.317 e. The first-order valence-electron chi connectivity index (χ1n) is 9.74. The molecule has 1 heterocycles. The molecule has 2 N–H and O–H groups in total. The Balaban J connectivity index is 1.89. The summed E-state index contributed by atoms with van der Waals surface area (Å²) in [6, 6.07) is 12.7. The van der Waals surface area contributed by atoms with Crippen LogP contribution in [0.2, 0.25) is 10.0 Å². The van der Waals surface area contributed by atoms with Crippen LogP contribution in [0.1, 0.15) is 36.8 Å². The van der Waals surface area contributed by atoms with Gasteiger partial charge in [0.25, 0.3) is 0 Å². The minimum Gasteiger partial charge on any atom is -0.480 e.